The Hall–Kier alpha value is -2.24. The van der Waals surface area contributed by atoms with E-state index in [1.165, 1.54) is 0 Å². The molecule has 0 spiro atoms. The van der Waals surface area contributed by atoms with E-state index in [1.54, 1.807) is 12.0 Å². The molecule has 134 valence electrons. The summed E-state index contributed by atoms with van der Waals surface area (Å²) in [4.78, 5) is 12.9. The smallest absolute Gasteiger partial charge is 0.209 e. The molecule has 1 aliphatic rings. The number of carbonyl (C=O) groups is 1. The molecule has 2 aromatic carbocycles. The minimum Gasteiger partial charge on any atom is -0.493 e. The van der Waals surface area contributed by atoms with Crippen molar-refractivity contribution in [2.24, 2.45) is 0 Å². The summed E-state index contributed by atoms with van der Waals surface area (Å²) in [5, 5.41) is 0. The van der Waals surface area contributed by atoms with Crippen LogP contribution < -0.4 is 9.47 Å². The number of ether oxygens (including phenoxy) is 3. The van der Waals surface area contributed by atoms with Gasteiger partial charge in [-0.2, -0.15) is 0 Å². The zero-order chi connectivity index (χ0) is 16.8. The van der Waals surface area contributed by atoms with Gasteiger partial charge in [-0.3, -0.25) is 4.79 Å². The second kappa shape index (κ2) is 9.30. The van der Waals surface area contributed by atoms with Gasteiger partial charge in [0, 0.05) is 6.54 Å². The molecule has 25 heavy (non-hydrogen) atoms. The Labute approximate surface area is 153 Å². The zero-order valence-corrected chi connectivity index (χ0v) is 14.9. The molecule has 0 aliphatic carbocycles. The van der Waals surface area contributed by atoms with E-state index in [1.807, 2.05) is 54.6 Å². The SMILES string of the molecule is COc1ccccc1OC(c1ccccc1)C1CN(C=O)CCO1.Cl. The normalized spacial score (nSPS) is 18.0. The number of halogens is 1. The highest BCUT2D eigenvalue weighted by molar-refractivity contribution is 5.85. The summed E-state index contributed by atoms with van der Waals surface area (Å²) in [6.07, 6.45) is 0.294. The van der Waals surface area contributed by atoms with Crippen molar-refractivity contribution < 1.29 is 19.0 Å². The first kappa shape index (κ1) is 19.1. The van der Waals surface area contributed by atoms with Crippen LogP contribution in [-0.4, -0.2) is 44.2 Å². The number of rotatable bonds is 6. The lowest BCUT2D eigenvalue weighted by atomic mass is 10.0. The number of hydrogen-bond donors (Lipinski definition) is 0. The Morgan fingerprint density at radius 1 is 1.12 bits per heavy atom. The molecule has 2 unspecified atom stereocenters. The number of hydrogen-bond acceptors (Lipinski definition) is 4. The standard InChI is InChI=1S/C19H21NO4.ClH/c1-22-16-9-5-6-10-17(16)24-19(15-7-3-2-4-8-15)18-13-20(14-21)11-12-23-18;/h2-10,14,18-19H,11-13H2,1H3;1H. The third-order valence-corrected chi connectivity index (χ3v) is 4.06. The summed E-state index contributed by atoms with van der Waals surface area (Å²) < 4.78 is 17.5. The van der Waals surface area contributed by atoms with Crippen LogP contribution in [0.1, 0.15) is 11.7 Å². The van der Waals surface area contributed by atoms with Crippen LogP contribution in [0, 0.1) is 0 Å². The van der Waals surface area contributed by atoms with E-state index in [0.717, 1.165) is 12.0 Å². The van der Waals surface area contributed by atoms with Crippen LogP contribution in [0.2, 0.25) is 0 Å². The highest BCUT2D eigenvalue weighted by Gasteiger charge is 2.31. The van der Waals surface area contributed by atoms with Crippen LogP contribution >= 0.6 is 12.4 Å². The van der Waals surface area contributed by atoms with Crippen LogP contribution in [0.5, 0.6) is 11.5 Å². The number of benzene rings is 2. The predicted molar refractivity (Wildman–Crippen MR) is 97.4 cm³/mol. The summed E-state index contributed by atoms with van der Waals surface area (Å²) in [6, 6.07) is 17.4. The predicted octanol–water partition coefficient (Wildman–Crippen LogP) is 3.09. The van der Waals surface area contributed by atoms with Gasteiger partial charge in [-0.15, -0.1) is 12.4 Å². The molecular formula is C19H22ClNO4. The average Bonchev–Trinajstić information content (AvgIpc) is 2.67. The molecule has 2 atom stereocenters. The molecule has 0 N–H and O–H groups in total. The van der Waals surface area contributed by atoms with E-state index in [-0.39, 0.29) is 24.6 Å². The van der Waals surface area contributed by atoms with E-state index >= 15 is 0 Å². The minimum absolute atomic E-state index is 0. The first-order valence-electron chi connectivity index (χ1n) is 7.97. The zero-order valence-electron chi connectivity index (χ0n) is 14.0. The van der Waals surface area contributed by atoms with Gasteiger partial charge in [0.05, 0.1) is 20.3 Å². The van der Waals surface area contributed by atoms with Crippen molar-refractivity contribution in [2.75, 3.05) is 26.8 Å². The fourth-order valence-corrected chi connectivity index (χ4v) is 2.83. The number of carbonyl (C=O) groups excluding carboxylic acids is 1. The fourth-order valence-electron chi connectivity index (χ4n) is 2.83. The lowest BCUT2D eigenvalue weighted by Crippen LogP contribution is -2.45. The van der Waals surface area contributed by atoms with Crippen LogP contribution in [-0.2, 0) is 9.53 Å². The van der Waals surface area contributed by atoms with Gasteiger partial charge in [-0.1, -0.05) is 42.5 Å². The molecule has 6 heteroatoms. The third-order valence-electron chi connectivity index (χ3n) is 4.06. The van der Waals surface area contributed by atoms with Crippen molar-refractivity contribution in [3.63, 3.8) is 0 Å². The van der Waals surface area contributed by atoms with Gasteiger partial charge in [-0.05, 0) is 17.7 Å². The van der Waals surface area contributed by atoms with E-state index < -0.39 is 0 Å². The number of para-hydroxylation sites is 2. The molecule has 2 aromatic rings. The largest absolute Gasteiger partial charge is 0.493 e. The van der Waals surface area contributed by atoms with E-state index in [0.29, 0.717) is 31.2 Å². The molecule has 5 nitrogen and oxygen atoms in total. The van der Waals surface area contributed by atoms with Crippen molar-refractivity contribution in [1.29, 1.82) is 0 Å². The first-order chi connectivity index (χ1) is 11.8. The monoisotopic (exact) mass is 363 g/mol. The molecule has 1 aliphatic heterocycles. The maximum absolute atomic E-state index is 11.1. The quantitative estimate of drug-likeness (QED) is 0.740. The Morgan fingerprint density at radius 3 is 2.48 bits per heavy atom. The second-order valence-corrected chi connectivity index (χ2v) is 5.61. The number of morpholine rings is 1. The van der Waals surface area contributed by atoms with Gasteiger partial charge >= 0.3 is 0 Å². The molecule has 0 radical (unpaired) electrons. The molecule has 0 bridgehead atoms. The fraction of sp³-hybridized carbons (Fsp3) is 0.316. The lowest BCUT2D eigenvalue weighted by molar-refractivity contribution is -0.130. The first-order valence-corrected chi connectivity index (χ1v) is 7.97. The third kappa shape index (κ3) is 4.65. The molecule has 1 amide bonds. The minimum atomic E-state index is -0.328. The van der Waals surface area contributed by atoms with Gasteiger partial charge in [0.2, 0.25) is 6.41 Å². The second-order valence-electron chi connectivity index (χ2n) is 5.61. The number of nitrogens with zero attached hydrogens (tertiary/aromatic N) is 1. The van der Waals surface area contributed by atoms with Gasteiger partial charge in [0.1, 0.15) is 6.10 Å². The van der Waals surface area contributed by atoms with Crippen LogP contribution in [0.4, 0.5) is 0 Å². The summed E-state index contributed by atoms with van der Waals surface area (Å²) in [6.45, 7) is 1.61. The molecule has 1 heterocycles. The van der Waals surface area contributed by atoms with Crippen molar-refractivity contribution in [1.82, 2.24) is 4.90 Å². The molecule has 0 saturated carbocycles. The Kier molecular flexibility index (Phi) is 7.10. The number of amides is 1. The molecule has 3 rings (SSSR count). The van der Waals surface area contributed by atoms with Gasteiger partial charge in [0.15, 0.2) is 17.6 Å². The summed E-state index contributed by atoms with van der Waals surface area (Å²) >= 11 is 0. The maximum atomic E-state index is 11.1. The highest BCUT2D eigenvalue weighted by atomic mass is 35.5. The molecule has 1 saturated heterocycles. The molecule has 0 aromatic heterocycles. The van der Waals surface area contributed by atoms with Crippen LogP contribution in [0.3, 0.4) is 0 Å². The molecule has 1 fully saturated rings. The van der Waals surface area contributed by atoms with E-state index in [4.69, 9.17) is 14.2 Å². The van der Waals surface area contributed by atoms with Crippen molar-refractivity contribution in [3.05, 3.63) is 60.2 Å². The van der Waals surface area contributed by atoms with Gasteiger partial charge in [0.25, 0.3) is 0 Å². The topological polar surface area (TPSA) is 48.0 Å². The van der Waals surface area contributed by atoms with E-state index in [9.17, 15) is 4.79 Å². The Balaban J connectivity index is 0.00000225. The van der Waals surface area contributed by atoms with Gasteiger partial charge < -0.3 is 19.1 Å². The average molecular weight is 364 g/mol. The Bertz CT molecular complexity index is 667. The summed E-state index contributed by atoms with van der Waals surface area (Å²) in [5.74, 6) is 1.32. The highest BCUT2D eigenvalue weighted by Crippen LogP contribution is 2.33. The van der Waals surface area contributed by atoms with Crippen molar-refractivity contribution >= 4 is 18.8 Å². The van der Waals surface area contributed by atoms with Crippen molar-refractivity contribution in [3.8, 4) is 11.5 Å². The van der Waals surface area contributed by atoms with Crippen LogP contribution in [0.15, 0.2) is 54.6 Å². The summed E-state index contributed by atoms with van der Waals surface area (Å²) in [5.41, 5.74) is 1.00. The Morgan fingerprint density at radius 2 is 1.80 bits per heavy atom. The molecular weight excluding hydrogens is 342 g/mol. The van der Waals surface area contributed by atoms with Crippen LogP contribution in [0.25, 0.3) is 0 Å². The summed E-state index contributed by atoms with van der Waals surface area (Å²) in [7, 11) is 1.62. The number of methoxy groups -OCH3 is 1. The van der Waals surface area contributed by atoms with E-state index in [2.05, 4.69) is 0 Å². The van der Waals surface area contributed by atoms with Crippen molar-refractivity contribution in [2.45, 2.75) is 12.2 Å². The maximum Gasteiger partial charge on any atom is 0.209 e. The van der Waals surface area contributed by atoms with Gasteiger partial charge in [-0.25, -0.2) is 0 Å². The lowest BCUT2D eigenvalue weighted by Gasteiger charge is -2.35.